The van der Waals surface area contributed by atoms with Crippen LogP contribution < -0.4 is 24.3 Å². The maximum absolute atomic E-state index is 12.7. The monoisotopic (exact) mass is 462 g/mol. The third kappa shape index (κ3) is 4.24. The highest BCUT2D eigenvalue weighted by molar-refractivity contribution is 8.04. The number of rotatable bonds is 7. The molecule has 32 heavy (non-hydrogen) atoms. The van der Waals surface area contributed by atoms with Crippen LogP contribution in [0, 0.1) is 10.1 Å². The number of carbonyl (C=O) groups excluding carboxylic acids is 1. The van der Waals surface area contributed by atoms with E-state index in [1.54, 1.807) is 12.1 Å². The van der Waals surface area contributed by atoms with Crippen molar-refractivity contribution in [3.8, 4) is 23.0 Å². The molecule has 0 atom stereocenters. The number of esters is 1. The van der Waals surface area contributed by atoms with Gasteiger partial charge in [-0.05, 0) is 17.7 Å². The Morgan fingerprint density at radius 1 is 0.938 bits per heavy atom. The number of carbonyl (C=O) groups is 1. The zero-order chi connectivity index (χ0) is 23.4. The Labute approximate surface area is 188 Å². The number of methoxy groups -OCH3 is 5. The summed E-state index contributed by atoms with van der Waals surface area (Å²) in [6.07, 6.45) is 0. The minimum absolute atomic E-state index is 0.147. The molecule has 0 unspecified atom stereocenters. The summed E-state index contributed by atoms with van der Waals surface area (Å²) in [5, 5.41) is 15.0. The smallest absolute Gasteiger partial charge is 0.346 e. The molecule has 2 aromatic rings. The first-order chi connectivity index (χ1) is 15.4. The van der Waals surface area contributed by atoms with Crippen LogP contribution in [0.5, 0.6) is 23.0 Å². The molecule has 0 spiro atoms. The van der Waals surface area contributed by atoms with Crippen LogP contribution in [-0.4, -0.2) is 46.4 Å². The van der Waals surface area contributed by atoms with E-state index in [2.05, 4.69) is 5.32 Å². The molecule has 11 heteroatoms. The number of hydrogen-bond acceptors (Lipinski definition) is 10. The first kappa shape index (κ1) is 23.1. The van der Waals surface area contributed by atoms with E-state index >= 15 is 0 Å². The molecule has 0 aromatic heterocycles. The molecule has 0 bridgehead atoms. The van der Waals surface area contributed by atoms with Crippen molar-refractivity contribution in [3.63, 3.8) is 0 Å². The third-order valence-corrected chi connectivity index (χ3v) is 5.97. The fourth-order valence-corrected chi connectivity index (χ4v) is 4.33. The van der Waals surface area contributed by atoms with Crippen LogP contribution in [0.2, 0.25) is 0 Å². The summed E-state index contributed by atoms with van der Waals surface area (Å²) in [5.41, 5.74) is 0.955. The second-order valence-electron chi connectivity index (χ2n) is 6.45. The molecule has 0 aliphatic carbocycles. The number of fused-ring (bicyclic) bond motifs is 1. The van der Waals surface area contributed by atoms with E-state index in [0.29, 0.717) is 16.4 Å². The average Bonchev–Trinajstić information content (AvgIpc) is 3.00. The van der Waals surface area contributed by atoms with Gasteiger partial charge in [-0.1, -0.05) is 11.8 Å². The molecule has 1 N–H and O–H groups in total. The summed E-state index contributed by atoms with van der Waals surface area (Å²) in [6, 6.07) is 6.25. The lowest BCUT2D eigenvalue weighted by Gasteiger charge is -2.15. The van der Waals surface area contributed by atoms with Crippen LogP contribution in [0.25, 0.3) is 5.70 Å². The van der Waals surface area contributed by atoms with Gasteiger partial charge in [-0.15, -0.1) is 0 Å². The standard InChI is InChI=1S/C21H22N2O8S/c1-27-14-6-11-10-22-19(20(21(24)31-5)32-18(11)9-17(14)30-4)12-7-15(28-2)16(29-3)8-13(12)23(25)26/h6-9,22H,10H2,1-5H3. The van der Waals surface area contributed by atoms with Crippen LogP contribution in [-0.2, 0) is 16.1 Å². The summed E-state index contributed by atoms with van der Waals surface area (Å²) in [7, 11) is 7.10. The Morgan fingerprint density at radius 3 is 2.06 bits per heavy atom. The highest BCUT2D eigenvalue weighted by Crippen LogP contribution is 2.45. The van der Waals surface area contributed by atoms with Gasteiger partial charge in [0.1, 0.15) is 4.91 Å². The highest BCUT2D eigenvalue weighted by Gasteiger charge is 2.30. The van der Waals surface area contributed by atoms with Gasteiger partial charge in [0.05, 0.1) is 57.8 Å². The van der Waals surface area contributed by atoms with Crippen LogP contribution in [0.15, 0.2) is 34.1 Å². The van der Waals surface area contributed by atoms with Crippen molar-refractivity contribution >= 4 is 29.1 Å². The number of hydrogen-bond donors (Lipinski definition) is 1. The number of nitrogens with one attached hydrogen (secondary N) is 1. The van der Waals surface area contributed by atoms with Gasteiger partial charge in [0, 0.05) is 17.5 Å². The minimum atomic E-state index is -0.649. The predicted molar refractivity (Wildman–Crippen MR) is 117 cm³/mol. The maximum atomic E-state index is 12.7. The van der Waals surface area contributed by atoms with Crippen molar-refractivity contribution < 1.29 is 33.4 Å². The van der Waals surface area contributed by atoms with Crippen molar-refractivity contribution in [1.29, 1.82) is 0 Å². The van der Waals surface area contributed by atoms with Crippen molar-refractivity contribution in [3.05, 3.63) is 50.4 Å². The zero-order valence-corrected chi connectivity index (χ0v) is 19.0. The summed E-state index contributed by atoms with van der Waals surface area (Å²) in [5.74, 6) is 0.838. The maximum Gasteiger partial charge on any atom is 0.346 e. The van der Waals surface area contributed by atoms with Gasteiger partial charge in [0.2, 0.25) is 0 Å². The summed E-state index contributed by atoms with van der Waals surface area (Å²) < 4.78 is 26.2. The molecule has 2 aromatic carbocycles. The Hall–Kier alpha value is -3.60. The molecular formula is C21H22N2O8S. The number of nitro benzene ring substituents is 1. The van der Waals surface area contributed by atoms with Gasteiger partial charge >= 0.3 is 5.97 Å². The molecule has 10 nitrogen and oxygen atoms in total. The molecule has 1 aliphatic rings. The minimum Gasteiger partial charge on any atom is -0.493 e. The van der Waals surface area contributed by atoms with Gasteiger partial charge in [-0.3, -0.25) is 10.1 Å². The van der Waals surface area contributed by atoms with E-state index in [9.17, 15) is 14.9 Å². The molecule has 3 rings (SSSR count). The molecule has 0 saturated carbocycles. The van der Waals surface area contributed by atoms with Gasteiger partial charge in [-0.25, -0.2) is 4.79 Å². The number of ether oxygens (including phenoxy) is 5. The van der Waals surface area contributed by atoms with Gasteiger partial charge in [0.15, 0.2) is 23.0 Å². The van der Waals surface area contributed by atoms with Crippen molar-refractivity contribution in [2.24, 2.45) is 0 Å². The third-order valence-electron chi connectivity index (χ3n) is 4.80. The van der Waals surface area contributed by atoms with Gasteiger partial charge in [-0.2, -0.15) is 0 Å². The van der Waals surface area contributed by atoms with Crippen LogP contribution >= 0.6 is 11.8 Å². The fraction of sp³-hybridized carbons (Fsp3) is 0.286. The summed E-state index contributed by atoms with van der Waals surface area (Å²) in [6.45, 7) is 0.268. The second-order valence-corrected chi connectivity index (χ2v) is 7.50. The van der Waals surface area contributed by atoms with Gasteiger partial charge < -0.3 is 29.0 Å². The van der Waals surface area contributed by atoms with E-state index in [0.717, 1.165) is 17.3 Å². The zero-order valence-electron chi connectivity index (χ0n) is 18.1. The molecule has 1 aliphatic heterocycles. The quantitative estimate of drug-likeness (QED) is 0.373. The molecular weight excluding hydrogens is 440 g/mol. The normalized spacial score (nSPS) is 12.8. The fourth-order valence-electron chi connectivity index (χ4n) is 3.23. The van der Waals surface area contributed by atoms with Crippen LogP contribution in [0.3, 0.4) is 0 Å². The van der Waals surface area contributed by atoms with Crippen molar-refractivity contribution in [2.45, 2.75) is 11.4 Å². The largest absolute Gasteiger partial charge is 0.493 e. The first-order valence-corrected chi connectivity index (χ1v) is 10.1. The van der Waals surface area contributed by atoms with Crippen LogP contribution in [0.4, 0.5) is 5.69 Å². The van der Waals surface area contributed by atoms with Crippen molar-refractivity contribution in [1.82, 2.24) is 5.32 Å². The lowest BCUT2D eigenvalue weighted by molar-refractivity contribution is -0.385. The average molecular weight is 462 g/mol. The highest BCUT2D eigenvalue weighted by atomic mass is 32.2. The van der Waals surface area contributed by atoms with Gasteiger partial charge in [0.25, 0.3) is 5.69 Å². The Morgan fingerprint density at radius 2 is 1.50 bits per heavy atom. The SMILES string of the molecule is COC(=O)C1=C(c2cc(OC)c(OC)cc2[N+](=O)[O-])NCc2cc(OC)c(OC)cc2S1. The number of nitro groups is 1. The predicted octanol–water partition coefficient (Wildman–Crippen LogP) is 3.37. The Bertz CT molecular complexity index is 1100. The van der Waals surface area contributed by atoms with E-state index < -0.39 is 10.9 Å². The lowest BCUT2D eigenvalue weighted by atomic mass is 10.1. The second kappa shape index (κ2) is 9.69. The van der Waals surface area contributed by atoms with E-state index in [-0.39, 0.29) is 39.9 Å². The Balaban J connectivity index is 2.25. The van der Waals surface area contributed by atoms with E-state index in [4.69, 9.17) is 23.7 Å². The molecule has 170 valence electrons. The summed E-state index contributed by atoms with van der Waals surface area (Å²) in [4.78, 5) is 24.9. The Kier molecular flexibility index (Phi) is 6.98. The number of benzene rings is 2. The van der Waals surface area contributed by atoms with E-state index in [1.807, 2.05) is 0 Å². The molecule has 1 heterocycles. The molecule has 0 radical (unpaired) electrons. The molecule has 0 fully saturated rings. The molecule has 0 saturated heterocycles. The summed E-state index contributed by atoms with van der Waals surface area (Å²) >= 11 is 1.12. The number of nitrogens with zero attached hydrogens (tertiary/aromatic N) is 1. The lowest BCUT2D eigenvalue weighted by Crippen LogP contribution is -2.16. The topological polar surface area (TPSA) is 118 Å². The van der Waals surface area contributed by atoms with Crippen molar-refractivity contribution in [2.75, 3.05) is 35.5 Å². The van der Waals surface area contributed by atoms with E-state index in [1.165, 1.54) is 47.7 Å². The van der Waals surface area contributed by atoms with Crippen LogP contribution in [0.1, 0.15) is 11.1 Å². The molecule has 0 amide bonds. The number of thioether (sulfide) groups is 1. The first-order valence-electron chi connectivity index (χ1n) is 9.28.